The van der Waals surface area contributed by atoms with E-state index in [1.54, 1.807) is 29.3 Å². The smallest absolute Gasteiger partial charge is 0.387 e. The van der Waals surface area contributed by atoms with E-state index < -0.39 is 6.61 Å². The van der Waals surface area contributed by atoms with Crippen molar-refractivity contribution in [1.29, 1.82) is 5.26 Å². The normalized spacial score (nSPS) is 16.2. The number of hydrazone groups is 1. The van der Waals surface area contributed by atoms with Gasteiger partial charge >= 0.3 is 6.61 Å². The quantitative estimate of drug-likeness (QED) is 0.222. The molecule has 0 amide bonds. The maximum Gasteiger partial charge on any atom is 0.387 e. The highest BCUT2D eigenvalue weighted by Crippen LogP contribution is 2.29. The summed E-state index contributed by atoms with van der Waals surface area (Å²) in [5.74, 6) is 0.240. The Bertz CT molecular complexity index is 1050. The van der Waals surface area contributed by atoms with E-state index in [-0.39, 0.29) is 17.6 Å². The minimum absolute atomic E-state index is 0.0280. The molecule has 1 aliphatic heterocycles. The van der Waals surface area contributed by atoms with Crippen LogP contribution in [0.1, 0.15) is 31.7 Å². The number of alkyl halides is 2. The van der Waals surface area contributed by atoms with E-state index in [4.69, 9.17) is 28.3 Å². The van der Waals surface area contributed by atoms with Crippen LogP contribution in [0.3, 0.4) is 0 Å². The fourth-order valence-electron chi connectivity index (χ4n) is 3.36. The third kappa shape index (κ3) is 6.09. The predicted octanol–water partition coefficient (Wildman–Crippen LogP) is 6.18. The Morgan fingerprint density at radius 2 is 2.12 bits per heavy atom. The number of guanidine groups is 1. The van der Waals surface area contributed by atoms with Gasteiger partial charge in [0.1, 0.15) is 5.75 Å². The molecule has 3 rings (SSSR count). The van der Waals surface area contributed by atoms with Crippen LogP contribution in [0.15, 0.2) is 52.6 Å². The van der Waals surface area contributed by atoms with Crippen molar-refractivity contribution in [2.24, 2.45) is 16.0 Å². The molecular formula is C22H21Cl2F2N5O. The number of hydrogen-bond acceptors (Lipinski definition) is 4. The molecule has 0 aromatic heterocycles. The minimum Gasteiger partial charge on any atom is -0.435 e. The van der Waals surface area contributed by atoms with Crippen LogP contribution in [0.4, 0.5) is 14.5 Å². The average Bonchev–Trinajstić information content (AvgIpc) is 3.18. The zero-order valence-corrected chi connectivity index (χ0v) is 18.7. The van der Waals surface area contributed by atoms with E-state index in [0.717, 1.165) is 30.5 Å². The van der Waals surface area contributed by atoms with Gasteiger partial charge in [-0.15, -0.1) is 0 Å². The Hall–Kier alpha value is -2.89. The summed E-state index contributed by atoms with van der Waals surface area (Å²) in [6, 6.07) is 11.3. The number of hydrogen-bond donors (Lipinski definition) is 1. The summed E-state index contributed by atoms with van der Waals surface area (Å²) in [7, 11) is 0. The first kappa shape index (κ1) is 23.8. The maximum atomic E-state index is 12.5. The summed E-state index contributed by atoms with van der Waals surface area (Å²) in [5, 5.41) is 19.0. The number of unbranched alkanes of at least 4 members (excludes halogenated alkanes) is 1. The Kier molecular flexibility index (Phi) is 8.26. The van der Waals surface area contributed by atoms with Crippen LogP contribution in [0.5, 0.6) is 5.75 Å². The average molecular weight is 480 g/mol. The first-order valence-corrected chi connectivity index (χ1v) is 10.8. The Morgan fingerprint density at radius 1 is 1.31 bits per heavy atom. The SMILES string of the molecule is CCCCC1CN(C(=Nc2cccc(OC(F)F)c2)NC#N)N=C1c1ccc(Cl)c(Cl)c1. The topological polar surface area (TPSA) is 73.0 Å². The number of nitriles is 1. The van der Waals surface area contributed by atoms with Gasteiger partial charge in [-0.05, 0) is 36.2 Å². The van der Waals surface area contributed by atoms with Crippen molar-refractivity contribution in [2.45, 2.75) is 32.8 Å². The molecular weight excluding hydrogens is 459 g/mol. The second-order valence-electron chi connectivity index (χ2n) is 7.08. The molecule has 1 heterocycles. The van der Waals surface area contributed by atoms with E-state index >= 15 is 0 Å². The molecule has 0 fully saturated rings. The van der Waals surface area contributed by atoms with Crippen molar-refractivity contribution in [3.63, 3.8) is 0 Å². The van der Waals surface area contributed by atoms with Gasteiger partial charge in [0.2, 0.25) is 5.96 Å². The molecule has 0 aliphatic carbocycles. The van der Waals surface area contributed by atoms with E-state index in [2.05, 4.69) is 22.0 Å². The molecule has 168 valence electrons. The molecule has 1 aliphatic rings. The van der Waals surface area contributed by atoms with E-state index in [1.807, 2.05) is 12.3 Å². The summed E-state index contributed by atoms with van der Waals surface area (Å²) in [5.41, 5.74) is 2.00. The minimum atomic E-state index is -2.94. The number of benzene rings is 2. The number of rotatable bonds is 7. The molecule has 0 saturated heterocycles. The van der Waals surface area contributed by atoms with Crippen molar-refractivity contribution in [2.75, 3.05) is 6.54 Å². The second-order valence-corrected chi connectivity index (χ2v) is 7.90. The molecule has 2 aromatic carbocycles. The van der Waals surface area contributed by atoms with E-state index in [9.17, 15) is 14.0 Å². The van der Waals surface area contributed by atoms with Crippen LogP contribution >= 0.6 is 23.2 Å². The molecule has 2 aromatic rings. The molecule has 10 heteroatoms. The first-order valence-electron chi connectivity index (χ1n) is 10.0. The van der Waals surface area contributed by atoms with E-state index in [0.29, 0.717) is 22.3 Å². The third-order valence-corrected chi connectivity index (χ3v) is 5.56. The molecule has 0 spiro atoms. The Morgan fingerprint density at radius 3 is 2.81 bits per heavy atom. The molecule has 6 nitrogen and oxygen atoms in total. The molecule has 1 unspecified atom stereocenters. The van der Waals surface area contributed by atoms with Crippen LogP contribution in [0.2, 0.25) is 10.0 Å². The number of nitrogens with zero attached hydrogens (tertiary/aromatic N) is 4. The van der Waals surface area contributed by atoms with Crippen LogP contribution in [-0.4, -0.2) is 29.8 Å². The van der Waals surface area contributed by atoms with Crippen LogP contribution in [0.25, 0.3) is 0 Å². The largest absolute Gasteiger partial charge is 0.435 e. The van der Waals surface area contributed by atoms with Crippen LogP contribution < -0.4 is 10.1 Å². The van der Waals surface area contributed by atoms with Crippen molar-refractivity contribution in [3.8, 4) is 11.9 Å². The van der Waals surface area contributed by atoms with Crippen molar-refractivity contribution in [1.82, 2.24) is 10.3 Å². The van der Waals surface area contributed by atoms with Gasteiger partial charge in [0.15, 0.2) is 6.19 Å². The van der Waals surface area contributed by atoms with Gasteiger partial charge in [0, 0.05) is 12.0 Å². The Labute approximate surface area is 195 Å². The number of halogens is 4. The highest BCUT2D eigenvalue weighted by Gasteiger charge is 2.30. The van der Waals surface area contributed by atoms with Gasteiger partial charge in [-0.2, -0.15) is 19.1 Å². The lowest BCUT2D eigenvalue weighted by molar-refractivity contribution is -0.0498. The lowest BCUT2D eigenvalue weighted by Crippen LogP contribution is -2.35. The van der Waals surface area contributed by atoms with Gasteiger partial charge in [-0.1, -0.05) is 55.1 Å². The Balaban J connectivity index is 1.95. The standard InChI is InChI=1S/C22H21Cl2F2N5O/c1-2-3-5-15-12-31(30-20(15)14-8-9-18(23)19(24)10-14)22(28-13-27)29-16-6-4-7-17(11-16)32-21(25)26/h4,6-11,15,21H,2-3,5,12H2,1H3,(H,28,29). The first-order chi connectivity index (χ1) is 15.4. The second kappa shape index (κ2) is 11.1. The number of aliphatic imine (C=N–C) groups is 1. The lowest BCUT2D eigenvalue weighted by atomic mass is 9.93. The lowest BCUT2D eigenvalue weighted by Gasteiger charge is -2.17. The maximum absolute atomic E-state index is 12.5. The molecule has 1 N–H and O–H groups in total. The molecule has 0 bridgehead atoms. The summed E-state index contributed by atoms with van der Waals surface area (Å²) in [6.07, 6.45) is 4.78. The monoisotopic (exact) mass is 479 g/mol. The van der Waals surface area contributed by atoms with Crippen molar-refractivity contribution >= 4 is 40.6 Å². The van der Waals surface area contributed by atoms with Gasteiger partial charge in [-0.25, -0.2) is 10.0 Å². The van der Waals surface area contributed by atoms with Crippen molar-refractivity contribution in [3.05, 3.63) is 58.1 Å². The summed E-state index contributed by atoms with van der Waals surface area (Å²) >= 11 is 12.3. The molecule has 32 heavy (non-hydrogen) atoms. The summed E-state index contributed by atoms with van der Waals surface area (Å²) < 4.78 is 29.5. The summed E-state index contributed by atoms with van der Waals surface area (Å²) in [4.78, 5) is 4.40. The van der Waals surface area contributed by atoms with Gasteiger partial charge < -0.3 is 4.74 Å². The van der Waals surface area contributed by atoms with Gasteiger partial charge in [0.05, 0.1) is 28.0 Å². The van der Waals surface area contributed by atoms with Crippen molar-refractivity contribution < 1.29 is 13.5 Å². The van der Waals surface area contributed by atoms with Crippen LogP contribution in [-0.2, 0) is 0 Å². The fourth-order valence-corrected chi connectivity index (χ4v) is 3.66. The highest BCUT2D eigenvalue weighted by molar-refractivity contribution is 6.42. The van der Waals surface area contributed by atoms with Gasteiger partial charge in [-0.3, -0.25) is 5.32 Å². The number of ether oxygens (including phenoxy) is 1. The molecule has 0 saturated carbocycles. The highest BCUT2D eigenvalue weighted by atomic mass is 35.5. The third-order valence-electron chi connectivity index (χ3n) is 4.82. The summed E-state index contributed by atoms with van der Waals surface area (Å²) in [6.45, 7) is -0.334. The van der Waals surface area contributed by atoms with Crippen LogP contribution in [0, 0.1) is 17.4 Å². The van der Waals surface area contributed by atoms with E-state index in [1.165, 1.54) is 12.1 Å². The number of nitrogens with one attached hydrogen (secondary N) is 1. The zero-order chi connectivity index (χ0) is 23.1. The molecule has 0 radical (unpaired) electrons. The zero-order valence-electron chi connectivity index (χ0n) is 17.2. The van der Waals surface area contributed by atoms with Gasteiger partial charge in [0.25, 0.3) is 0 Å². The fraction of sp³-hybridized carbons (Fsp3) is 0.318. The molecule has 1 atom stereocenters. The predicted molar refractivity (Wildman–Crippen MR) is 122 cm³/mol.